The third-order valence-corrected chi connectivity index (χ3v) is 2.92. The Morgan fingerprint density at radius 3 is 2.76 bits per heavy atom. The Balaban J connectivity index is 2.65. The lowest BCUT2D eigenvalue weighted by Gasteiger charge is -2.15. The van der Waals surface area contributed by atoms with Crippen molar-refractivity contribution in [1.29, 1.82) is 0 Å². The number of carbonyl (C=O) groups excluding carboxylic acids is 1. The zero-order chi connectivity index (χ0) is 16.0. The summed E-state index contributed by atoms with van der Waals surface area (Å²) in [5.41, 5.74) is 7.33. The highest BCUT2D eigenvalue weighted by molar-refractivity contribution is 5.75. The molecule has 21 heavy (non-hydrogen) atoms. The number of hydrogen-bond acceptors (Lipinski definition) is 5. The molecule has 0 aliphatic heterocycles. The zero-order valence-electron chi connectivity index (χ0n) is 12.9. The van der Waals surface area contributed by atoms with E-state index in [0.29, 0.717) is 5.75 Å². The van der Waals surface area contributed by atoms with Crippen molar-refractivity contribution in [2.75, 3.05) is 6.61 Å². The molecule has 0 amide bonds. The molecule has 2 atom stereocenters. The Kier molecular flexibility index (Phi) is 6.10. The van der Waals surface area contributed by atoms with Crippen LogP contribution in [0.15, 0.2) is 16.3 Å². The molecule has 7 nitrogen and oxygen atoms in total. The molecule has 1 aromatic heterocycles. The molecular weight excluding hydrogens is 272 g/mol. The normalized spacial score (nSPS) is 14.0. The molecule has 0 aromatic carbocycles. The van der Waals surface area contributed by atoms with Gasteiger partial charge in [-0.25, -0.2) is 4.68 Å². The Morgan fingerprint density at radius 2 is 2.19 bits per heavy atom. The first-order valence-corrected chi connectivity index (χ1v) is 6.62. The minimum absolute atomic E-state index is 0.242. The molecule has 0 aliphatic carbocycles. The molecular formula is C14H22N4O3. The van der Waals surface area contributed by atoms with Crippen molar-refractivity contribution in [3.8, 4) is 5.75 Å². The molecule has 1 aromatic rings. The van der Waals surface area contributed by atoms with Crippen LogP contribution in [0.3, 0.4) is 0 Å². The predicted molar refractivity (Wildman–Crippen MR) is 82.0 cm³/mol. The lowest BCUT2D eigenvalue weighted by atomic mass is 10.3. The third kappa shape index (κ3) is 4.71. The second-order valence-electron chi connectivity index (χ2n) is 4.81. The van der Waals surface area contributed by atoms with Gasteiger partial charge in [0.2, 0.25) is 0 Å². The van der Waals surface area contributed by atoms with Gasteiger partial charge < -0.3 is 15.2 Å². The van der Waals surface area contributed by atoms with E-state index in [4.69, 9.17) is 15.2 Å². The van der Waals surface area contributed by atoms with Crippen molar-refractivity contribution in [2.45, 2.75) is 39.8 Å². The number of ether oxygens (including phenoxy) is 2. The van der Waals surface area contributed by atoms with Gasteiger partial charge in [-0.3, -0.25) is 9.79 Å². The highest BCUT2D eigenvalue weighted by Gasteiger charge is 2.15. The maximum atomic E-state index is 11.4. The average molecular weight is 294 g/mol. The minimum Gasteiger partial charge on any atom is -0.488 e. The van der Waals surface area contributed by atoms with E-state index in [0.717, 1.165) is 11.3 Å². The van der Waals surface area contributed by atoms with E-state index in [1.807, 2.05) is 13.8 Å². The fraction of sp³-hybridized carbons (Fsp3) is 0.500. The molecule has 2 N–H and O–H groups in total. The predicted octanol–water partition coefficient (Wildman–Crippen LogP) is 1.25. The molecule has 0 aliphatic rings. The summed E-state index contributed by atoms with van der Waals surface area (Å²) in [6.07, 6.45) is 2.71. The summed E-state index contributed by atoms with van der Waals surface area (Å²) in [4.78, 5) is 14.9. The van der Waals surface area contributed by atoms with Crippen LogP contribution in [0.25, 0.3) is 0 Å². The highest BCUT2D eigenvalue weighted by Crippen LogP contribution is 2.23. The standard InChI is InChI=1S/C14H22N4O3/c1-9(21-14(19)11(3)15)7-20-13-6-18(17-8-16-5)12(4)10(13)2/h6,8-9,11H,5,7,15H2,1-4H3/b17-8-/t9-,11?/m1/s1. The maximum Gasteiger partial charge on any atom is 0.323 e. The molecule has 0 spiro atoms. The topological polar surface area (TPSA) is 91.2 Å². The first-order valence-electron chi connectivity index (χ1n) is 6.62. The van der Waals surface area contributed by atoms with E-state index in [1.165, 1.54) is 6.34 Å². The summed E-state index contributed by atoms with van der Waals surface area (Å²) in [7, 11) is 0. The third-order valence-electron chi connectivity index (χ3n) is 2.92. The van der Waals surface area contributed by atoms with Gasteiger partial charge in [0.1, 0.15) is 30.8 Å². The van der Waals surface area contributed by atoms with Crippen molar-refractivity contribution in [1.82, 2.24) is 4.68 Å². The van der Waals surface area contributed by atoms with Crippen LogP contribution < -0.4 is 10.5 Å². The van der Waals surface area contributed by atoms with Gasteiger partial charge in [0.25, 0.3) is 0 Å². The second-order valence-corrected chi connectivity index (χ2v) is 4.81. The van der Waals surface area contributed by atoms with Crippen molar-refractivity contribution < 1.29 is 14.3 Å². The van der Waals surface area contributed by atoms with Crippen molar-refractivity contribution >= 4 is 19.0 Å². The van der Waals surface area contributed by atoms with Crippen LogP contribution in [0, 0.1) is 13.8 Å². The smallest absolute Gasteiger partial charge is 0.323 e. The van der Waals surface area contributed by atoms with Gasteiger partial charge in [-0.1, -0.05) is 0 Å². The molecule has 0 saturated carbocycles. The summed E-state index contributed by atoms with van der Waals surface area (Å²) < 4.78 is 12.4. The number of carbonyl (C=O) groups is 1. The van der Waals surface area contributed by atoms with E-state index in [2.05, 4.69) is 16.8 Å². The Morgan fingerprint density at radius 1 is 1.52 bits per heavy atom. The fourth-order valence-electron chi connectivity index (χ4n) is 1.56. The van der Waals surface area contributed by atoms with E-state index >= 15 is 0 Å². The molecule has 0 saturated heterocycles. The van der Waals surface area contributed by atoms with Gasteiger partial charge in [0.15, 0.2) is 0 Å². The average Bonchev–Trinajstić information content (AvgIpc) is 2.70. The van der Waals surface area contributed by atoms with Crippen molar-refractivity contribution in [3.05, 3.63) is 17.5 Å². The SMILES string of the molecule is C=N/C=N\n1cc(OC[C@@H](C)OC(=O)C(C)N)c(C)c1C. The van der Waals surface area contributed by atoms with E-state index < -0.39 is 12.0 Å². The Bertz CT molecular complexity index is 535. The van der Waals surface area contributed by atoms with Crippen LogP contribution in [0.4, 0.5) is 0 Å². The molecule has 7 heteroatoms. The van der Waals surface area contributed by atoms with Crippen LogP contribution in [0.2, 0.25) is 0 Å². The highest BCUT2D eigenvalue weighted by atomic mass is 16.6. The molecule has 116 valence electrons. The van der Waals surface area contributed by atoms with Gasteiger partial charge in [0, 0.05) is 11.3 Å². The first kappa shape index (κ1) is 16.9. The van der Waals surface area contributed by atoms with Crippen LogP contribution in [0.1, 0.15) is 25.1 Å². The molecule has 1 heterocycles. The summed E-state index contributed by atoms with van der Waals surface area (Å²) in [6, 6.07) is -0.641. The number of nitrogens with zero attached hydrogens (tertiary/aromatic N) is 3. The Hall–Kier alpha value is -2.15. The number of nitrogens with two attached hydrogens (primary N) is 1. The number of hydrogen-bond donors (Lipinski definition) is 1. The van der Waals surface area contributed by atoms with Crippen LogP contribution in [0.5, 0.6) is 5.75 Å². The van der Waals surface area contributed by atoms with Gasteiger partial charge in [-0.15, -0.1) is 0 Å². The molecule has 1 unspecified atom stereocenters. The monoisotopic (exact) mass is 294 g/mol. The van der Waals surface area contributed by atoms with E-state index in [-0.39, 0.29) is 12.7 Å². The second kappa shape index (κ2) is 7.58. The maximum absolute atomic E-state index is 11.4. The van der Waals surface area contributed by atoms with E-state index in [9.17, 15) is 4.79 Å². The molecule has 0 radical (unpaired) electrons. The van der Waals surface area contributed by atoms with Crippen LogP contribution >= 0.6 is 0 Å². The van der Waals surface area contributed by atoms with Crippen LogP contribution in [-0.4, -0.2) is 42.5 Å². The van der Waals surface area contributed by atoms with Crippen molar-refractivity contribution in [2.24, 2.45) is 15.8 Å². The summed E-state index contributed by atoms with van der Waals surface area (Å²) in [5, 5.41) is 4.09. The molecule has 1 rings (SSSR count). The van der Waals surface area contributed by atoms with Gasteiger partial charge in [-0.05, 0) is 34.4 Å². The quantitative estimate of drug-likeness (QED) is 0.465. The summed E-state index contributed by atoms with van der Waals surface area (Å²) in [6.45, 7) is 10.7. The van der Waals surface area contributed by atoms with Crippen molar-refractivity contribution in [3.63, 3.8) is 0 Å². The number of aromatic nitrogens is 1. The molecule has 0 bridgehead atoms. The van der Waals surface area contributed by atoms with Crippen LogP contribution in [-0.2, 0) is 9.53 Å². The van der Waals surface area contributed by atoms with Gasteiger partial charge >= 0.3 is 5.97 Å². The van der Waals surface area contributed by atoms with Gasteiger partial charge in [0.05, 0.1) is 6.20 Å². The number of aliphatic imine (C=N–C) groups is 1. The Labute approximate surface area is 124 Å². The lowest BCUT2D eigenvalue weighted by molar-refractivity contribution is -0.150. The largest absolute Gasteiger partial charge is 0.488 e. The molecule has 0 fully saturated rings. The lowest BCUT2D eigenvalue weighted by Crippen LogP contribution is -2.33. The summed E-state index contributed by atoms with van der Waals surface area (Å²) in [5.74, 6) is 0.232. The minimum atomic E-state index is -0.641. The first-order chi connectivity index (χ1) is 9.86. The van der Waals surface area contributed by atoms with Gasteiger partial charge in [-0.2, -0.15) is 5.10 Å². The zero-order valence-corrected chi connectivity index (χ0v) is 12.9. The number of esters is 1. The van der Waals surface area contributed by atoms with E-state index in [1.54, 1.807) is 24.7 Å². The summed E-state index contributed by atoms with van der Waals surface area (Å²) >= 11 is 0. The fourth-order valence-corrected chi connectivity index (χ4v) is 1.56. The number of rotatable bonds is 7.